The van der Waals surface area contributed by atoms with Crippen LogP contribution in [0.15, 0.2) is 36.4 Å². The molecule has 5 heteroatoms. The number of fused-ring (bicyclic) bond motifs is 5. The van der Waals surface area contributed by atoms with Crippen molar-refractivity contribution in [3.8, 4) is 5.75 Å². The molecule has 5 rings (SSSR count). The minimum atomic E-state index is -0.131. The second-order valence-corrected chi connectivity index (χ2v) is 11.1. The van der Waals surface area contributed by atoms with E-state index in [2.05, 4.69) is 25.2 Å². The molecule has 1 aromatic carbocycles. The molecular formula is C27H36N2O3. The fraction of sp³-hybridized carbons (Fsp3) is 0.630. The first-order valence-electron chi connectivity index (χ1n) is 12.2. The molecule has 0 spiro atoms. The predicted octanol–water partition coefficient (Wildman–Crippen LogP) is 4.43. The van der Waals surface area contributed by atoms with E-state index >= 15 is 0 Å². The Bertz CT molecular complexity index is 958. The Labute approximate surface area is 191 Å². The highest BCUT2D eigenvalue weighted by atomic mass is 16.5. The predicted molar refractivity (Wildman–Crippen MR) is 124 cm³/mol. The van der Waals surface area contributed by atoms with Gasteiger partial charge in [0, 0.05) is 24.5 Å². The number of hydrogen-bond acceptors (Lipinski definition) is 3. The number of amides is 2. The SMILES string of the molecule is COc1ccccc1C(=O)NC1C[C@]2(C)CCC[C@H]2[C@@H]2CCC3N(C)C(=O)C=C[C@]3(C)[C@H]12. The summed E-state index contributed by atoms with van der Waals surface area (Å²) in [6.07, 6.45) is 11.0. The van der Waals surface area contributed by atoms with Gasteiger partial charge in [-0.15, -0.1) is 0 Å². The van der Waals surface area contributed by atoms with Crippen LogP contribution in [0.1, 0.15) is 62.7 Å². The molecule has 1 heterocycles. The second-order valence-electron chi connectivity index (χ2n) is 11.1. The molecule has 1 aliphatic heterocycles. The van der Waals surface area contributed by atoms with E-state index in [0.29, 0.717) is 29.1 Å². The van der Waals surface area contributed by atoms with Gasteiger partial charge in [-0.2, -0.15) is 0 Å². The van der Waals surface area contributed by atoms with Crippen LogP contribution in [0.3, 0.4) is 0 Å². The van der Waals surface area contributed by atoms with E-state index in [1.165, 1.54) is 19.3 Å². The highest BCUT2D eigenvalue weighted by Gasteiger charge is 2.61. The molecule has 5 nitrogen and oxygen atoms in total. The minimum Gasteiger partial charge on any atom is -0.496 e. The van der Waals surface area contributed by atoms with Crippen LogP contribution in [-0.2, 0) is 4.79 Å². The molecule has 1 N–H and O–H groups in total. The van der Waals surface area contributed by atoms with Crippen molar-refractivity contribution < 1.29 is 14.3 Å². The van der Waals surface area contributed by atoms with Crippen LogP contribution in [0, 0.1) is 28.6 Å². The maximum Gasteiger partial charge on any atom is 0.255 e. The largest absolute Gasteiger partial charge is 0.496 e. The number of methoxy groups -OCH3 is 1. The summed E-state index contributed by atoms with van der Waals surface area (Å²) in [5, 5.41) is 3.47. The van der Waals surface area contributed by atoms with Crippen LogP contribution in [0.4, 0.5) is 0 Å². The first-order chi connectivity index (χ1) is 15.3. The number of benzene rings is 1. The van der Waals surface area contributed by atoms with Gasteiger partial charge in [-0.05, 0) is 73.5 Å². The Morgan fingerprint density at radius 3 is 2.75 bits per heavy atom. The normalized spacial score (nSPS) is 40.3. The van der Waals surface area contributed by atoms with Gasteiger partial charge < -0.3 is 15.0 Å². The molecule has 0 aromatic heterocycles. The van der Waals surface area contributed by atoms with Gasteiger partial charge in [0.05, 0.1) is 12.7 Å². The van der Waals surface area contributed by atoms with E-state index in [-0.39, 0.29) is 34.7 Å². The van der Waals surface area contributed by atoms with E-state index in [4.69, 9.17) is 4.74 Å². The van der Waals surface area contributed by atoms with Gasteiger partial charge in [-0.1, -0.05) is 38.5 Å². The highest BCUT2D eigenvalue weighted by molar-refractivity contribution is 5.97. The van der Waals surface area contributed by atoms with Gasteiger partial charge in [0.25, 0.3) is 5.91 Å². The van der Waals surface area contributed by atoms with Crippen molar-refractivity contribution in [3.05, 3.63) is 42.0 Å². The number of carbonyl (C=O) groups excluding carboxylic acids is 2. The number of rotatable bonds is 3. The summed E-state index contributed by atoms with van der Waals surface area (Å²) in [4.78, 5) is 27.9. The first kappa shape index (κ1) is 21.5. The highest BCUT2D eigenvalue weighted by Crippen LogP contribution is 2.63. The minimum absolute atomic E-state index is 0.0545. The molecule has 4 aliphatic rings. The summed E-state index contributed by atoms with van der Waals surface area (Å²) < 4.78 is 5.47. The third-order valence-corrected chi connectivity index (χ3v) is 9.53. The number of para-hydroxylation sites is 1. The second kappa shape index (κ2) is 7.64. The molecular weight excluding hydrogens is 400 g/mol. The molecule has 3 aliphatic carbocycles. The molecule has 0 saturated heterocycles. The summed E-state index contributed by atoms with van der Waals surface area (Å²) in [5.41, 5.74) is 0.742. The lowest BCUT2D eigenvalue weighted by Crippen LogP contribution is -2.65. The number of ether oxygens (including phenoxy) is 1. The first-order valence-corrected chi connectivity index (χ1v) is 12.2. The maximum atomic E-state index is 13.5. The van der Waals surface area contributed by atoms with Crippen molar-refractivity contribution in [2.24, 2.45) is 28.6 Å². The van der Waals surface area contributed by atoms with Gasteiger partial charge >= 0.3 is 0 Å². The summed E-state index contributed by atoms with van der Waals surface area (Å²) in [6.45, 7) is 4.78. The van der Waals surface area contributed by atoms with Crippen LogP contribution in [0.25, 0.3) is 0 Å². The Morgan fingerprint density at radius 2 is 1.97 bits per heavy atom. The van der Waals surface area contributed by atoms with Gasteiger partial charge in [-0.3, -0.25) is 9.59 Å². The summed E-state index contributed by atoms with van der Waals surface area (Å²) >= 11 is 0. The zero-order valence-electron chi connectivity index (χ0n) is 19.8. The molecule has 172 valence electrons. The van der Waals surface area contributed by atoms with Crippen LogP contribution in [-0.4, -0.2) is 43.0 Å². The zero-order valence-corrected chi connectivity index (χ0v) is 19.8. The van der Waals surface area contributed by atoms with E-state index in [1.54, 1.807) is 13.2 Å². The molecule has 2 unspecified atom stereocenters. The number of carbonyl (C=O) groups is 2. The molecule has 2 amide bonds. The van der Waals surface area contributed by atoms with Crippen LogP contribution >= 0.6 is 0 Å². The molecule has 3 saturated carbocycles. The topological polar surface area (TPSA) is 58.6 Å². The molecule has 32 heavy (non-hydrogen) atoms. The molecule has 3 fully saturated rings. The summed E-state index contributed by atoms with van der Waals surface area (Å²) in [7, 11) is 3.55. The lowest BCUT2D eigenvalue weighted by Gasteiger charge is -2.62. The summed E-state index contributed by atoms with van der Waals surface area (Å²) in [5.74, 6) is 2.26. The lowest BCUT2D eigenvalue weighted by molar-refractivity contribution is -0.140. The molecule has 7 atom stereocenters. The van der Waals surface area contributed by atoms with Crippen LogP contribution in [0.2, 0.25) is 0 Å². The van der Waals surface area contributed by atoms with Crippen molar-refractivity contribution in [1.82, 2.24) is 10.2 Å². The smallest absolute Gasteiger partial charge is 0.255 e. The number of nitrogens with one attached hydrogen (secondary N) is 1. The van der Waals surface area contributed by atoms with Crippen LogP contribution in [0.5, 0.6) is 5.75 Å². The van der Waals surface area contributed by atoms with Crippen molar-refractivity contribution in [1.29, 1.82) is 0 Å². The lowest BCUT2D eigenvalue weighted by atomic mass is 9.47. The van der Waals surface area contributed by atoms with Crippen molar-refractivity contribution in [2.75, 3.05) is 14.2 Å². The molecule has 1 aromatic rings. The van der Waals surface area contributed by atoms with Gasteiger partial charge in [0.15, 0.2) is 0 Å². The van der Waals surface area contributed by atoms with E-state index in [0.717, 1.165) is 19.3 Å². The molecule has 0 bridgehead atoms. The fourth-order valence-electron chi connectivity index (χ4n) is 8.16. The van der Waals surface area contributed by atoms with E-state index < -0.39 is 0 Å². The Balaban J connectivity index is 1.53. The van der Waals surface area contributed by atoms with E-state index in [9.17, 15) is 9.59 Å². The van der Waals surface area contributed by atoms with Crippen molar-refractivity contribution >= 4 is 11.8 Å². The van der Waals surface area contributed by atoms with Gasteiger partial charge in [-0.25, -0.2) is 0 Å². The number of hydrogen-bond donors (Lipinski definition) is 1. The Hall–Kier alpha value is -2.30. The standard InChI is InChI=1S/C27H36N2O3/c1-26-14-7-9-19(26)17-11-12-22-27(2,15-13-23(30)29(22)3)24(17)20(16-26)28-25(31)18-8-5-6-10-21(18)32-4/h5-6,8,10,13,15,17,19-20,22,24H,7,9,11-12,14,16H2,1-4H3,(H,28,31)/t17-,19-,20?,22?,24-,26-,27-/m0/s1. The number of nitrogens with zero attached hydrogens (tertiary/aromatic N) is 1. The zero-order chi connectivity index (χ0) is 22.7. The van der Waals surface area contributed by atoms with E-state index in [1.807, 2.05) is 36.2 Å². The fourth-order valence-corrected chi connectivity index (χ4v) is 8.16. The number of likely N-dealkylation sites (N-methyl/N-ethyl adjacent to an activating group) is 1. The Morgan fingerprint density at radius 1 is 1.19 bits per heavy atom. The average molecular weight is 437 g/mol. The quantitative estimate of drug-likeness (QED) is 0.762. The average Bonchev–Trinajstić information content (AvgIpc) is 3.17. The van der Waals surface area contributed by atoms with Crippen molar-refractivity contribution in [3.63, 3.8) is 0 Å². The van der Waals surface area contributed by atoms with Crippen LogP contribution < -0.4 is 10.1 Å². The van der Waals surface area contributed by atoms with Crippen molar-refractivity contribution in [2.45, 2.75) is 64.5 Å². The van der Waals surface area contributed by atoms with Gasteiger partial charge in [0.2, 0.25) is 5.91 Å². The molecule has 0 radical (unpaired) electrons. The third kappa shape index (κ3) is 3.11. The third-order valence-electron chi connectivity index (χ3n) is 9.53. The monoisotopic (exact) mass is 436 g/mol. The Kier molecular flexibility index (Phi) is 5.14. The van der Waals surface area contributed by atoms with Gasteiger partial charge in [0.1, 0.15) is 5.75 Å². The maximum absolute atomic E-state index is 13.5. The summed E-state index contributed by atoms with van der Waals surface area (Å²) in [6, 6.07) is 7.73.